The second-order valence-electron chi connectivity index (χ2n) is 7.11. The molecule has 174 valence electrons. The van der Waals surface area contributed by atoms with Crippen LogP contribution in [-0.4, -0.2) is 67.8 Å². The van der Waals surface area contributed by atoms with Crippen LogP contribution in [0.15, 0.2) is 36.7 Å². The van der Waals surface area contributed by atoms with Crippen LogP contribution in [0.4, 0.5) is 19.1 Å². The van der Waals surface area contributed by atoms with Crippen molar-refractivity contribution in [3.05, 3.63) is 47.2 Å². The zero-order valence-electron chi connectivity index (χ0n) is 17.0. The third-order valence-electron chi connectivity index (χ3n) is 4.97. The van der Waals surface area contributed by atoms with Gasteiger partial charge in [0.05, 0.1) is 9.75 Å². The lowest BCUT2D eigenvalue weighted by Crippen LogP contribution is -2.50. The van der Waals surface area contributed by atoms with Crippen LogP contribution in [0, 0.1) is 0 Å². The van der Waals surface area contributed by atoms with E-state index < -0.39 is 17.8 Å². The van der Waals surface area contributed by atoms with Crippen LogP contribution in [0.5, 0.6) is 0 Å². The first-order valence-corrected chi connectivity index (χ1v) is 10.6. The zero-order chi connectivity index (χ0) is 23.6. The van der Waals surface area contributed by atoms with Gasteiger partial charge in [0.1, 0.15) is 17.9 Å². The minimum absolute atomic E-state index is 0.00455. The van der Waals surface area contributed by atoms with Crippen molar-refractivity contribution in [1.29, 1.82) is 0 Å². The van der Waals surface area contributed by atoms with E-state index in [1.165, 1.54) is 4.68 Å². The number of nitrogens with one attached hydrogen (secondary N) is 1. The molecule has 0 bridgehead atoms. The fourth-order valence-corrected chi connectivity index (χ4v) is 4.15. The number of carbonyl (C=O) groups excluding carboxylic acids is 2. The van der Waals surface area contributed by atoms with Gasteiger partial charge in [-0.3, -0.25) is 19.5 Å². The predicted octanol–water partition coefficient (Wildman–Crippen LogP) is 1.89. The standard InChI is InChI=1S/C19H18F3N7O3S/c20-19(21,22)15-3-5-23-18(24-15)28-9-7-27(8-10-28)16(30)11-29-6-4-12(25-29)13-1-2-14(33-13)17(31)26-32/h1-6,32H,7-11H2,(H,26,31). The molecular weight excluding hydrogens is 463 g/mol. The average Bonchev–Trinajstić information content (AvgIpc) is 3.48. The number of rotatable bonds is 5. The van der Waals surface area contributed by atoms with Gasteiger partial charge < -0.3 is 9.80 Å². The fourth-order valence-electron chi connectivity index (χ4n) is 3.29. The number of hydrogen-bond donors (Lipinski definition) is 2. The molecule has 1 aliphatic rings. The van der Waals surface area contributed by atoms with Crippen molar-refractivity contribution in [2.24, 2.45) is 0 Å². The molecular formula is C19H18F3N7O3S. The van der Waals surface area contributed by atoms with Gasteiger partial charge in [-0.15, -0.1) is 11.3 Å². The molecule has 0 radical (unpaired) electrons. The van der Waals surface area contributed by atoms with Crippen LogP contribution in [0.2, 0.25) is 0 Å². The fraction of sp³-hybridized carbons (Fsp3) is 0.316. The Morgan fingerprint density at radius 3 is 2.58 bits per heavy atom. The monoisotopic (exact) mass is 481 g/mol. The molecule has 1 saturated heterocycles. The van der Waals surface area contributed by atoms with Gasteiger partial charge in [0.25, 0.3) is 5.91 Å². The lowest BCUT2D eigenvalue weighted by Gasteiger charge is -2.34. The van der Waals surface area contributed by atoms with Crippen molar-refractivity contribution in [3.8, 4) is 10.6 Å². The highest BCUT2D eigenvalue weighted by molar-refractivity contribution is 7.17. The highest BCUT2D eigenvalue weighted by atomic mass is 32.1. The van der Waals surface area contributed by atoms with E-state index in [2.05, 4.69) is 15.1 Å². The van der Waals surface area contributed by atoms with Crippen molar-refractivity contribution in [2.75, 3.05) is 31.1 Å². The SMILES string of the molecule is O=C(NO)c1ccc(-c2ccn(CC(=O)N3CCN(c4nccc(C(F)(F)F)n4)CC3)n2)s1. The van der Waals surface area contributed by atoms with E-state index in [0.29, 0.717) is 41.6 Å². The second kappa shape index (κ2) is 9.15. The number of halogens is 3. The van der Waals surface area contributed by atoms with E-state index in [-0.39, 0.29) is 18.4 Å². The zero-order valence-corrected chi connectivity index (χ0v) is 17.8. The Kier molecular flexibility index (Phi) is 6.29. The molecule has 1 fully saturated rings. The summed E-state index contributed by atoms with van der Waals surface area (Å²) < 4.78 is 40.1. The molecule has 2 N–H and O–H groups in total. The van der Waals surface area contributed by atoms with Gasteiger partial charge in [-0.25, -0.2) is 15.4 Å². The predicted molar refractivity (Wildman–Crippen MR) is 111 cm³/mol. The Morgan fingerprint density at radius 2 is 1.88 bits per heavy atom. The van der Waals surface area contributed by atoms with Gasteiger partial charge in [0, 0.05) is 38.6 Å². The molecule has 33 heavy (non-hydrogen) atoms. The van der Waals surface area contributed by atoms with Crippen molar-refractivity contribution in [2.45, 2.75) is 12.7 Å². The Bertz CT molecular complexity index is 1160. The maximum absolute atomic E-state index is 12.9. The number of thiophene rings is 1. The number of anilines is 1. The van der Waals surface area contributed by atoms with E-state index >= 15 is 0 Å². The summed E-state index contributed by atoms with van der Waals surface area (Å²) >= 11 is 1.15. The molecule has 0 saturated carbocycles. The summed E-state index contributed by atoms with van der Waals surface area (Å²) in [6.45, 7) is 1.24. The topological polar surface area (TPSA) is 116 Å². The van der Waals surface area contributed by atoms with Crippen LogP contribution >= 0.6 is 11.3 Å². The van der Waals surface area contributed by atoms with Crippen LogP contribution in [-0.2, 0) is 17.5 Å². The lowest BCUT2D eigenvalue weighted by molar-refractivity contribution is -0.141. The molecule has 0 aliphatic carbocycles. The highest BCUT2D eigenvalue weighted by Crippen LogP contribution is 2.28. The van der Waals surface area contributed by atoms with Gasteiger partial charge >= 0.3 is 6.18 Å². The number of hydroxylamine groups is 1. The normalized spacial score (nSPS) is 14.4. The molecule has 3 aromatic rings. The van der Waals surface area contributed by atoms with Crippen molar-refractivity contribution in [1.82, 2.24) is 30.1 Å². The summed E-state index contributed by atoms with van der Waals surface area (Å²) in [5, 5.41) is 13.1. The molecule has 1 aliphatic heterocycles. The van der Waals surface area contributed by atoms with E-state index in [0.717, 1.165) is 23.6 Å². The average molecular weight is 481 g/mol. The molecule has 0 spiro atoms. The number of aromatic nitrogens is 4. The van der Waals surface area contributed by atoms with Gasteiger partial charge in [-0.1, -0.05) is 0 Å². The second-order valence-corrected chi connectivity index (χ2v) is 8.19. The molecule has 10 nitrogen and oxygen atoms in total. The van der Waals surface area contributed by atoms with E-state index in [1.807, 2.05) is 0 Å². The number of alkyl halides is 3. The van der Waals surface area contributed by atoms with Gasteiger partial charge in [-0.05, 0) is 24.3 Å². The largest absolute Gasteiger partial charge is 0.433 e. The maximum atomic E-state index is 12.9. The number of amides is 2. The maximum Gasteiger partial charge on any atom is 0.433 e. The van der Waals surface area contributed by atoms with Crippen molar-refractivity contribution < 1.29 is 28.0 Å². The smallest absolute Gasteiger partial charge is 0.338 e. The number of nitrogens with zero attached hydrogens (tertiary/aromatic N) is 6. The van der Waals surface area contributed by atoms with Crippen LogP contribution in [0.1, 0.15) is 15.4 Å². The highest BCUT2D eigenvalue weighted by Gasteiger charge is 2.33. The van der Waals surface area contributed by atoms with Crippen LogP contribution < -0.4 is 10.4 Å². The molecule has 0 aromatic carbocycles. The lowest BCUT2D eigenvalue weighted by atomic mass is 10.3. The van der Waals surface area contributed by atoms with Crippen molar-refractivity contribution in [3.63, 3.8) is 0 Å². The summed E-state index contributed by atoms with van der Waals surface area (Å²) in [6.07, 6.45) is -1.83. The summed E-state index contributed by atoms with van der Waals surface area (Å²) in [5.41, 5.74) is 1.15. The Hall–Kier alpha value is -3.52. The molecule has 0 atom stereocenters. The number of carbonyl (C=O) groups is 2. The van der Waals surface area contributed by atoms with E-state index in [1.54, 1.807) is 39.7 Å². The quantitative estimate of drug-likeness (QED) is 0.422. The summed E-state index contributed by atoms with van der Waals surface area (Å²) in [7, 11) is 0. The molecule has 0 unspecified atom stereocenters. The van der Waals surface area contributed by atoms with Gasteiger partial charge in [0.15, 0.2) is 0 Å². The van der Waals surface area contributed by atoms with Crippen LogP contribution in [0.25, 0.3) is 10.6 Å². The minimum atomic E-state index is -4.55. The Labute approximate surface area is 189 Å². The number of hydrogen-bond acceptors (Lipinski definition) is 8. The first-order chi connectivity index (χ1) is 15.7. The Balaban J connectivity index is 1.34. The van der Waals surface area contributed by atoms with E-state index in [9.17, 15) is 22.8 Å². The molecule has 2 amide bonds. The minimum Gasteiger partial charge on any atom is -0.338 e. The summed E-state index contributed by atoms with van der Waals surface area (Å²) in [5.74, 6) is -0.810. The molecule has 4 rings (SSSR count). The van der Waals surface area contributed by atoms with Crippen molar-refractivity contribution >= 4 is 29.1 Å². The van der Waals surface area contributed by atoms with Gasteiger partial charge in [0.2, 0.25) is 11.9 Å². The first-order valence-electron chi connectivity index (χ1n) is 9.75. The number of piperazine rings is 1. The summed E-state index contributed by atoms with van der Waals surface area (Å²) in [6, 6.07) is 5.78. The third kappa shape index (κ3) is 5.12. The van der Waals surface area contributed by atoms with E-state index in [4.69, 9.17) is 5.21 Å². The molecule has 4 heterocycles. The van der Waals surface area contributed by atoms with Crippen LogP contribution in [0.3, 0.4) is 0 Å². The summed E-state index contributed by atoms with van der Waals surface area (Å²) in [4.78, 5) is 35.9. The molecule has 3 aromatic heterocycles. The van der Waals surface area contributed by atoms with Gasteiger partial charge in [-0.2, -0.15) is 18.3 Å². The Morgan fingerprint density at radius 1 is 1.12 bits per heavy atom. The third-order valence-corrected chi connectivity index (χ3v) is 6.08. The molecule has 14 heteroatoms. The first kappa shape index (κ1) is 22.7.